The standard InChI is InChI=1S/C28H41N3O7S/c1-19(2)26(27(29)35)31(17-23(33)18-32)28(36)22(14-20-10-6-4-7-11-20)16-25(34)24(30-39(3,37)38)15-21-12-8-5-9-13-21/h4-13,19,22-26,30,32-34H,14-18H2,1-3H3,(H2,29,35). The van der Waals surface area contributed by atoms with Crippen molar-refractivity contribution in [3.8, 4) is 0 Å². The molecule has 0 spiro atoms. The van der Waals surface area contributed by atoms with E-state index in [1.54, 1.807) is 26.0 Å². The lowest BCUT2D eigenvalue weighted by atomic mass is 9.87. The number of sulfonamides is 1. The second-order valence-electron chi connectivity index (χ2n) is 10.3. The first-order valence-corrected chi connectivity index (χ1v) is 14.8. The molecule has 0 saturated carbocycles. The summed E-state index contributed by atoms with van der Waals surface area (Å²) in [5.41, 5.74) is 7.24. The van der Waals surface area contributed by atoms with E-state index in [9.17, 15) is 33.3 Å². The average molecular weight is 564 g/mol. The van der Waals surface area contributed by atoms with E-state index in [2.05, 4.69) is 4.72 Å². The van der Waals surface area contributed by atoms with Gasteiger partial charge in [-0.05, 0) is 36.3 Å². The molecule has 0 aliphatic carbocycles. The number of rotatable bonds is 16. The summed E-state index contributed by atoms with van der Waals surface area (Å²) in [4.78, 5) is 27.6. The van der Waals surface area contributed by atoms with Gasteiger partial charge in [0.2, 0.25) is 21.8 Å². The number of nitrogens with zero attached hydrogens (tertiary/aromatic N) is 1. The summed E-state index contributed by atoms with van der Waals surface area (Å²) in [6.07, 6.45) is -1.35. The Labute approximate surface area is 230 Å². The number of nitrogens with one attached hydrogen (secondary N) is 1. The smallest absolute Gasteiger partial charge is 0.240 e. The lowest BCUT2D eigenvalue weighted by molar-refractivity contribution is -0.147. The maximum absolute atomic E-state index is 14.0. The molecule has 0 fully saturated rings. The molecule has 5 atom stereocenters. The highest BCUT2D eigenvalue weighted by molar-refractivity contribution is 7.88. The highest BCUT2D eigenvalue weighted by Gasteiger charge is 2.37. The summed E-state index contributed by atoms with van der Waals surface area (Å²) in [5.74, 6) is -2.59. The van der Waals surface area contributed by atoms with Crippen LogP contribution in [0.2, 0.25) is 0 Å². The molecule has 2 rings (SSSR count). The molecule has 0 aliphatic heterocycles. The van der Waals surface area contributed by atoms with Crippen LogP contribution in [0, 0.1) is 11.8 Å². The van der Waals surface area contributed by atoms with E-state index < -0.39 is 64.6 Å². The molecule has 0 saturated heterocycles. The van der Waals surface area contributed by atoms with Crippen LogP contribution in [0.4, 0.5) is 0 Å². The van der Waals surface area contributed by atoms with Gasteiger partial charge in [-0.2, -0.15) is 0 Å². The van der Waals surface area contributed by atoms with E-state index in [1.165, 1.54) is 4.90 Å². The van der Waals surface area contributed by atoms with Gasteiger partial charge in [-0.25, -0.2) is 13.1 Å². The van der Waals surface area contributed by atoms with Crippen LogP contribution in [0.15, 0.2) is 60.7 Å². The van der Waals surface area contributed by atoms with Crippen LogP contribution in [0.5, 0.6) is 0 Å². The van der Waals surface area contributed by atoms with Gasteiger partial charge in [0.05, 0.1) is 31.1 Å². The fourth-order valence-electron chi connectivity index (χ4n) is 4.73. The fourth-order valence-corrected chi connectivity index (χ4v) is 5.52. The predicted molar refractivity (Wildman–Crippen MR) is 149 cm³/mol. The summed E-state index contributed by atoms with van der Waals surface area (Å²) in [6, 6.07) is 16.2. The van der Waals surface area contributed by atoms with E-state index >= 15 is 0 Å². The van der Waals surface area contributed by atoms with Crippen molar-refractivity contribution < 1.29 is 33.3 Å². The Kier molecular flexibility index (Phi) is 12.5. The number of amides is 2. The highest BCUT2D eigenvalue weighted by atomic mass is 32.2. The lowest BCUT2D eigenvalue weighted by Gasteiger charge is -2.37. The number of primary amides is 1. The summed E-state index contributed by atoms with van der Waals surface area (Å²) < 4.78 is 26.8. The topological polar surface area (TPSA) is 170 Å². The highest BCUT2D eigenvalue weighted by Crippen LogP contribution is 2.24. The van der Waals surface area contributed by atoms with Crippen LogP contribution < -0.4 is 10.5 Å². The maximum Gasteiger partial charge on any atom is 0.240 e. The van der Waals surface area contributed by atoms with Crippen LogP contribution in [0.1, 0.15) is 31.4 Å². The first kappa shape index (κ1) is 32.4. The fraction of sp³-hybridized carbons (Fsp3) is 0.500. The predicted octanol–water partition coefficient (Wildman–Crippen LogP) is 0.449. The van der Waals surface area contributed by atoms with Crippen LogP contribution in [0.3, 0.4) is 0 Å². The summed E-state index contributed by atoms with van der Waals surface area (Å²) >= 11 is 0. The number of benzene rings is 2. The molecule has 0 heterocycles. The van der Waals surface area contributed by atoms with Gasteiger partial charge in [0.25, 0.3) is 0 Å². The minimum Gasteiger partial charge on any atom is -0.394 e. The number of carbonyl (C=O) groups excluding carboxylic acids is 2. The molecule has 0 aliphatic rings. The van der Waals surface area contributed by atoms with Crippen molar-refractivity contribution in [2.45, 2.75) is 57.4 Å². The normalized spacial score (nSPS) is 15.8. The molecule has 0 bridgehead atoms. The third kappa shape index (κ3) is 10.7. The molecule has 2 aromatic rings. The van der Waals surface area contributed by atoms with Crippen molar-refractivity contribution in [1.29, 1.82) is 0 Å². The molecule has 216 valence electrons. The Morgan fingerprint density at radius 1 is 0.949 bits per heavy atom. The summed E-state index contributed by atoms with van der Waals surface area (Å²) in [5, 5.41) is 31.0. The molecule has 2 aromatic carbocycles. The minimum atomic E-state index is -3.70. The summed E-state index contributed by atoms with van der Waals surface area (Å²) in [6.45, 7) is 2.47. The minimum absolute atomic E-state index is 0.136. The second-order valence-corrected chi connectivity index (χ2v) is 12.1. The Balaban J connectivity index is 2.46. The third-order valence-corrected chi connectivity index (χ3v) is 7.22. The largest absolute Gasteiger partial charge is 0.394 e. The molecule has 0 aromatic heterocycles. The number of nitrogens with two attached hydrogens (primary N) is 1. The number of carbonyl (C=O) groups is 2. The van der Waals surface area contributed by atoms with E-state index in [0.717, 1.165) is 17.4 Å². The summed E-state index contributed by atoms with van der Waals surface area (Å²) in [7, 11) is -3.70. The van der Waals surface area contributed by atoms with E-state index in [-0.39, 0.29) is 25.8 Å². The number of hydrogen-bond donors (Lipinski definition) is 5. The zero-order valence-corrected chi connectivity index (χ0v) is 23.5. The van der Waals surface area contributed by atoms with Crippen molar-refractivity contribution in [2.24, 2.45) is 17.6 Å². The van der Waals surface area contributed by atoms with Gasteiger partial charge in [0, 0.05) is 12.5 Å². The quantitative estimate of drug-likeness (QED) is 0.197. The van der Waals surface area contributed by atoms with Crippen LogP contribution in [-0.4, -0.2) is 84.2 Å². The van der Waals surface area contributed by atoms with Crippen LogP contribution in [0.25, 0.3) is 0 Å². The number of aliphatic hydroxyl groups is 3. The van der Waals surface area contributed by atoms with Gasteiger partial charge < -0.3 is 26.0 Å². The van der Waals surface area contributed by atoms with Crippen molar-refractivity contribution in [2.75, 3.05) is 19.4 Å². The van der Waals surface area contributed by atoms with Crippen molar-refractivity contribution in [3.63, 3.8) is 0 Å². The monoisotopic (exact) mass is 563 g/mol. The molecule has 2 amide bonds. The molecule has 11 heteroatoms. The number of aliphatic hydroxyl groups excluding tert-OH is 3. The molecule has 0 radical (unpaired) electrons. The van der Waals surface area contributed by atoms with E-state index in [4.69, 9.17) is 5.73 Å². The molecule has 10 nitrogen and oxygen atoms in total. The SMILES string of the molecule is CC(C)C(C(N)=O)N(CC(O)CO)C(=O)C(Cc1ccccc1)CC(O)C(Cc1ccccc1)NS(C)(=O)=O. The van der Waals surface area contributed by atoms with Gasteiger partial charge in [-0.3, -0.25) is 9.59 Å². The van der Waals surface area contributed by atoms with Crippen molar-refractivity contribution in [3.05, 3.63) is 71.8 Å². The van der Waals surface area contributed by atoms with Crippen LogP contribution in [-0.2, 0) is 32.5 Å². The van der Waals surface area contributed by atoms with Crippen LogP contribution >= 0.6 is 0 Å². The Morgan fingerprint density at radius 3 is 1.90 bits per heavy atom. The van der Waals surface area contributed by atoms with Crippen molar-refractivity contribution >= 4 is 21.8 Å². The lowest BCUT2D eigenvalue weighted by Crippen LogP contribution is -2.56. The Bertz CT molecular complexity index is 1150. The average Bonchev–Trinajstić information content (AvgIpc) is 2.87. The molecule has 39 heavy (non-hydrogen) atoms. The zero-order valence-electron chi connectivity index (χ0n) is 22.7. The van der Waals surface area contributed by atoms with Gasteiger partial charge in [0.1, 0.15) is 6.04 Å². The maximum atomic E-state index is 14.0. The Hall–Kier alpha value is -2.83. The Morgan fingerprint density at radius 2 is 1.46 bits per heavy atom. The molecule has 6 N–H and O–H groups in total. The first-order valence-electron chi connectivity index (χ1n) is 12.9. The first-order chi connectivity index (χ1) is 18.3. The molecule has 5 unspecified atom stereocenters. The second kappa shape index (κ2) is 15.1. The van der Waals surface area contributed by atoms with Gasteiger partial charge in [-0.15, -0.1) is 0 Å². The zero-order chi connectivity index (χ0) is 29.2. The molecular weight excluding hydrogens is 522 g/mol. The van der Waals surface area contributed by atoms with Gasteiger partial charge >= 0.3 is 0 Å². The van der Waals surface area contributed by atoms with Gasteiger partial charge in [0.15, 0.2) is 0 Å². The van der Waals surface area contributed by atoms with Crippen molar-refractivity contribution in [1.82, 2.24) is 9.62 Å². The van der Waals surface area contributed by atoms with E-state index in [1.807, 2.05) is 48.5 Å². The van der Waals surface area contributed by atoms with E-state index in [0.29, 0.717) is 0 Å². The van der Waals surface area contributed by atoms with Gasteiger partial charge in [-0.1, -0.05) is 74.5 Å². The number of hydrogen-bond acceptors (Lipinski definition) is 7. The molecular formula is C28H41N3O7S. The third-order valence-electron chi connectivity index (χ3n) is 6.49.